The number of likely N-dealkylation sites (tertiary alicyclic amines) is 1. The molecule has 0 radical (unpaired) electrons. The quantitative estimate of drug-likeness (QED) is 0.113. The highest BCUT2D eigenvalue weighted by Gasteiger charge is 2.42. The van der Waals surface area contributed by atoms with E-state index in [4.69, 9.17) is 32.5 Å². The highest BCUT2D eigenvalue weighted by molar-refractivity contribution is 6.30. The first-order valence-electron chi connectivity index (χ1n) is 18.0. The maximum absolute atomic E-state index is 13.4. The van der Waals surface area contributed by atoms with Gasteiger partial charge in [-0.2, -0.15) is 0 Å². The van der Waals surface area contributed by atoms with Crippen LogP contribution in [-0.4, -0.2) is 59.5 Å². The lowest BCUT2D eigenvalue weighted by Gasteiger charge is -2.48. The molecule has 1 aliphatic carbocycles. The van der Waals surface area contributed by atoms with Crippen LogP contribution < -0.4 is 11.5 Å². The molecule has 1 aliphatic heterocycles. The van der Waals surface area contributed by atoms with Gasteiger partial charge in [-0.3, -0.25) is 9.79 Å². The van der Waals surface area contributed by atoms with E-state index in [0.29, 0.717) is 48.3 Å². The fourth-order valence-electron chi connectivity index (χ4n) is 7.47. The lowest BCUT2D eigenvalue weighted by molar-refractivity contribution is -0.136. The molecule has 4 N–H and O–H groups in total. The number of rotatable bonds is 12. The predicted octanol–water partition coefficient (Wildman–Crippen LogP) is 7.47. The van der Waals surface area contributed by atoms with Gasteiger partial charge in [-0.1, -0.05) is 104 Å². The summed E-state index contributed by atoms with van der Waals surface area (Å²) in [5, 5.41) is 0.655. The van der Waals surface area contributed by atoms with Crippen molar-refractivity contribution in [1.29, 1.82) is 0 Å². The summed E-state index contributed by atoms with van der Waals surface area (Å²) >= 11 is 6.03. The van der Waals surface area contributed by atoms with Crippen molar-refractivity contribution in [3.05, 3.63) is 107 Å². The number of carbonyl (C=O) groups is 3. The number of hydrogen-bond donors (Lipinski definition) is 2. The van der Waals surface area contributed by atoms with Crippen LogP contribution in [0.4, 0.5) is 9.59 Å². The summed E-state index contributed by atoms with van der Waals surface area (Å²) in [4.78, 5) is 46.8. The molecule has 0 aromatic heterocycles. The average Bonchev–Trinajstić information content (AvgIpc) is 3.17. The molecule has 3 amide bonds. The van der Waals surface area contributed by atoms with Gasteiger partial charge in [0, 0.05) is 24.7 Å². The van der Waals surface area contributed by atoms with Crippen LogP contribution in [0.2, 0.25) is 5.02 Å². The van der Waals surface area contributed by atoms with Gasteiger partial charge >= 0.3 is 12.2 Å². The molecule has 2 fully saturated rings. The van der Waals surface area contributed by atoms with Crippen LogP contribution in [0.25, 0.3) is 0 Å². The Morgan fingerprint density at radius 2 is 1.37 bits per heavy atom. The summed E-state index contributed by atoms with van der Waals surface area (Å²) in [6.07, 6.45) is 8.05. The molecule has 1 saturated heterocycles. The van der Waals surface area contributed by atoms with Gasteiger partial charge in [-0.25, -0.2) is 9.59 Å². The van der Waals surface area contributed by atoms with E-state index in [1.165, 1.54) is 32.1 Å². The highest BCUT2D eigenvalue weighted by Crippen LogP contribution is 2.49. The molecule has 0 spiro atoms. The SMILES string of the molecule is NC(=NCCCC1(C2CCCCC2)CCN(C(=O)C(N)Cc2ccc(Cl)cc2)CC1)N(C(=O)OCc1ccccc1)C(=O)OCc1ccccc1. The molecule has 272 valence electrons. The number of imide groups is 1. The summed E-state index contributed by atoms with van der Waals surface area (Å²) in [5.74, 6) is 0.288. The monoisotopic (exact) mass is 715 g/mol. The maximum atomic E-state index is 13.4. The Kier molecular flexibility index (Phi) is 13.9. The normalized spacial score (nSPS) is 17.0. The topological polar surface area (TPSA) is 141 Å². The van der Waals surface area contributed by atoms with Crippen LogP contribution in [0.1, 0.15) is 74.5 Å². The molecule has 3 aromatic carbocycles. The fraction of sp³-hybridized carbons (Fsp3) is 0.450. The first kappa shape index (κ1) is 37.8. The zero-order chi connectivity index (χ0) is 36.1. The Labute approximate surface area is 306 Å². The highest BCUT2D eigenvalue weighted by atomic mass is 35.5. The van der Waals surface area contributed by atoms with Crippen LogP contribution >= 0.6 is 11.6 Å². The van der Waals surface area contributed by atoms with Crippen molar-refractivity contribution in [2.45, 2.75) is 83.5 Å². The molecule has 51 heavy (non-hydrogen) atoms. The number of halogens is 1. The van der Waals surface area contributed by atoms with Crippen LogP contribution in [0.5, 0.6) is 0 Å². The van der Waals surface area contributed by atoms with E-state index in [1.807, 2.05) is 89.8 Å². The Hall–Kier alpha value is -4.41. The lowest BCUT2D eigenvalue weighted by atomic mass is 9.61. The molecule has 1 atom stereocenters. The minimum atomic E-state index is -0.955. The average molecular weight is 716 g/mol. The van der Waals surface area contributed by atoms with E-state index in [-0.39, 0.29) is 30.5 Å². The third kappa shape index (κ3) is 10.8. The van der Waals surface area contributed by atoms with E-state index >= 15 is 0 Å². The van der Waals surface area contributed by atoms with Gasteiger partial charge in [0.2, 0.25) is 11.9 Å². The van der Waals surface area contributed by atoms with Crippen molar-refractivity contribution >= 4 is 35.7 Å². The van der Waals surface area contributed by atoms with Gasteiger partial charge in [0.25, 0.3) is 0 Å². The van der Waals surface area contributed by atoms with Crippen molar-refractivity contribution in [2.75, 3.05) is 19.6 Å². The van der Waals surface area contributed by atoms with Crippen LogP contribution in [0.15, 0.2) is 89.9 Å². The molecule has 0 bridgehead atoms. The third-order valence-electron chi connectivity index (χ3n) is 10.3. The second-order valence-corrected chi connectivity index (χ2v) is 14.2. The number of aliphatic imine (C=N–C) groups is 1. The van der Waals surface area contributed by atoms with Crippen molar-refractivity contribution < 1.29 is 23.9 Å². The standard InChI is InChI=1S/C40H50ClN5O5/c41-34-19-17-30(18-20-34)27-35(42)36(47)45-25-22-40(23-26-45,33-15-8-3-9-16-33)21-10-24-44-37(43)46(38(48)50-28-31-11-4-1-5-12-31)39(49)51-29-32-13-6-2-7-14-32/h1-2,4-7,11-14,17-20,33,35H,3,8-10,15-16,21-29,42H2,(H2,43,44). The molecule has 5 rings (SSSR count). The van der Waals surface area contributed by atoms with Gasteiger partial charge in [0.05, 0.1) is 6.04 Å². The van der Waals surface area contributed by atoms with Gasteiger partial charge in [-0.15, -0.1) is 4.90 Å². The molecule has 1 heterocycles. The predicted molar refractivity (Wildman–Crippen MR) is 199 cm³/mol. The second-order valence-electron chi connectivity index (χ2n) is 13.7. The first-order valence-corrected chi connectivity index (χ1v) is 18.4. The number of carbonyl (C=O) groups excluding carboxylic acids is 3. The largest absolute Gasteiger partial charge is 0.444 e. The molecular weight excluding hydrogens is 666 g/mol. The fourth-order valence-corrected chi connectivity index (χ4v) is 7.60. The van der Waals surface area contributed by atoms with Crippen molar-refractivity contribution in [1.82, 2.24) is 9.80 Å². The number of nitrogens with two attached hydrogens (primary N) is 2. The molecule has 1 saturated carbocycles. The molecule has 2 aliphatic rings. The summed E-state index contributed by atoms with van der Waals surface area (Å²) in [6.45, 7) is 1.59. The zero-order valence-electron chi connectivity index (χ0n) is 29.3. The van der Waals surface area contributed by atoms with E-state index in [2.05, 4.69) is 4.99 Å². The number of benzene rings is 3. The van der Waals surface area contributed by atoms with Crippen LogP contribution in [0.3, 0.4) is 0 Å². The number of ether oxygens (including phenoxy) is 2. The maximum Gasteiger partial charge on any atom is 0.426 e. The van der Waals surface area contributed by atoms with Gasteiger partial charge in [0.1, 0.15) is 13.2 Å². The van der Waals surface area contributed by atoms with Gasteiger partial charge in [0.15, 0.2) is 0 Å². The van der Waals surface area contributed by atoms with E-state index in [1.54, 1.807) is 0 Å². The van der Waals surface area contributed by atoms with E-state index in [9.17, 15) is 14.4 Å². The first-order chi connectivity index (χ1) is 24.7. The van der Waals surface area contributed by atoms with Gasteiger partial charge < -0.3 is 25.8 Å². The third-order valence-corrected chi connectivity index (χ3v) is 10.6. The molecule has 10 nitrogen and oxygen atoms in total. The van der Waals surface area contributed by atoms with E-state index in [0.717, 1.165) is 36.0 Å². The smallest absolute Gasteiger partial charge is 0.426 e. The Balaban J connectivity index is 1.20. The molecule has 3 aromatic rings. The van der Waals surface area contributed by atoms with Gasteiger partial charge in [-0.05, 0) is 85.1 Å². The van der Waals surface area contributed by atoms with E-state index < -0.39 is 18.2 Å². The lowest BCUT2D eigenvalue weighted by Crippen LogP contribution is -2.51. The van der Waals surface area contributed by atoms with Crippen LogP contribution in [-0.2, 0) is 33.9 Å². The van der Waals surface area contributed by atoms with Crippen molar-refractivity contribution in [3.63, 3.8) is 0 Å². The Bertz CT molecular complexity index is 1530. The number of piperidine rings is 1. The minimum absolute atomic E-state index is 0.0158. The number of nitrogens with zero attached hydrogens (tertiary/aromatic N) is 3. The summed E-state index contributed by atoms with van der Waals surface area (Å²) in [7, 11) is 0. The van der Waals surface area contributed by atoms with Crippen molar-refractivity contribution in [2.24, 2.45) is 27.8 Å². The number of hydrogen-bond acceptors (Lipinski definition) is 7. The number of guanidine groups is 1. The summed E-state index contributed by atoms with van der Waals surface area (Å²) in [6, 6.07) is 25.2. The summed E-state index contributed by atoms with van der Waals surface area (Å²) < 4.78 is 10.9. The number of amides is 3. The second kappa shape index (κ2) is 18.7. The summed E-state index contributed by atoms with van der Waals surface area (Å²) in [5.41, 5.74) is 15.3. The van der Waals surface area contributed by atoms with Crippen LogP contribution in [0, 0.1) is 11.3 Å². The molecule has 1 unspecified atom stereocenters. The Morgan fingerprint density at radius 3 is 1.92 bits per heavy atom. The Morgan fingerprint density at radius 1 is 0.824 bits per heavy atom. The van der Waals surface area contributed by atoms with Crippen molar-refractivity contribution in [3.8, 4) is 0 Å². The molecular formula is C40H50ClN5O5. The molecule has 11 heteroatoms. The zero-order valence-corrected chi connectivity index (χ0v) is 30.0. The minimum Gasteiger partial charge on any atom is -0.444 e.